The average Bonchev–Trinajstić information content (AvgIpc) is 2.17. The van der Waals surface area contributed by atoms with E-state index in [1.54, 1.807) is 0 Å². The zero-order chi connectivity index (χ0) is 10.8. The average molecular weight is 229 g/mol. The Labute approximate surface area is 82.0 Å². The molecule has 0 saturated heterocycles. The molecule has 0 bridgehead atoms. The van der Waals surface area contributed by atoms with Crippen LogP contribution in [0.2, 0.25) is 0 Å². The summed E-state index contributed by atoms with van der Waals surface area (Å²) in [5.41, 5.74) is -0.420. The summed E-state index contributed by atoms with van der Waals surface area (Å²) >= 11 is 5.09. The van der Waals surface area contributed by atoms with E-state index in [1.807, 2.05) is 0 Å². The van der Waals surface area contributed by atoms with Crippen molar-refractivity contribution in [3.8, 4) is 0 Å². The number of rotatable bonds is 3. The minimum Gasteiger partial charge on any atom is -0.0976 e. The molecule has 14 heavy (non-hydrogen) atoms. The Hall–Kier alpha value is -0.850. The van der Waals surface area contributed by atoms with Gasteiger partial charge in [-0.05, 0) is 0 Å². The van der Waals surface area contributed by atoms with Gasteiger partial charge in [-0.2, -0.15) is 0 Å². The van der Waals surface area contributed by atoms with Gasteiger partial charge in [0.1, 0.15) is 0 Å². The monoisotopic (exact) mass is 228 g/mol. The number of halogens is 5. The molecule has 0 aliphatic rings. The largest absolute Gasteiger partial charge is 0.293 e. The maximum absolute atomic E-state index is 12.2. The van der Waals surface area contributed by atoms with Crippen LogP contribution in [0, 0.1) is 0 Å². The van der Waals surface area contributed by atoms with Crippen LogP contribution < -0.4 is 0 Å². The molecular weight excluding hydrogens is 224 g/mol. The third kappa shape index (κ3) is 1.82. The first-order valence-corrected chi connectivity index (χ1v) is 3.85. The predicted molar refractivity (Wildman–Crippen MR) is 42.1 cm³/mol. The maximum atomic E-state index is 12.2. The van der Waals surface area contributed by atoms with Crippen molar-refractivity contribution < 1.29 is 17.9 Å². The molecule has 0 fully saturated rings. The highest BCUT2D eigenvalue weighted by Gasteiger charge is 2.47. The molecule has 1 aromatic rings. The highest BCUT2D eigenvalue weighted by atomic mass is 35.5. The second kappa shape index (κ2) is 4.12. The van der Waals surface area contributed by atoms with Gasteiger partial charge in [0, 0.05) is 5.56 Å². The van der Waals surface area contributed by atoms with Crippen LogP contribution in [0.3, 0.4) is 0 Å². The lowest BCUT2D eigenvalue weighted by atomic mass is 10.2. The molecule has 0 spiro atoms. The van der Waals surface area contributed by atoms with Gasteiger partial charge in [-0.25, -0.2) is 0 Å². The van der Waals surface area contributed by atoms with Crippen LogP contribution in [0.5, 0.6) is 0 Å². The van der Waals surface area contributed by atoms with Crippen molar-refractivity contribution in [2.75, 3.05) is 0 Å². The van der Waals surface area contributed by atoms with E-state index in [-0.39, 0.29) is 0 Å². The predicted octanol–water partition coefficient (Wildman–Crippen LogP) is 3.18. The number of hydrogen-bond donors (Lipinski definition) is 0. The number of benzene rings is 1. The van der Waals surface area contributed by atoms with Crippen LogP contribution in [0.25, 0.3) is 0 Å². The molecule has 0 heterocycles. The molecule has 0 amide bonds. The molecule has 0 atom stereocenters. The van der Waals surface area contributed by atoms with Crippen LogP contribution >= 0.6 is 11.6 Å². The molecule has 0 unspecified atom stereocenters. The Bertz CT molecular complexity index is 285. The van der Waals surface area contributed by atoms with Crippen LogP contribution in [0.1, 0.15) is 5.56 Å². The summed E-state index contributed by atoms with van der Waals surface area (Å²) in [4.78, 5) is 0. The van der Waals surface area contributed by atoms with Gasteiger partial charge in [0.25, 0.3) is 5.12 Å². The Kier molecular flexibility index (Phi) is 3.30. The van der Waals surface area contributed by atoms with Gasteiger partial charge in [0.05, 0.1) is 10.7 Å². The molecular formula is C7H5ClF4N2. The topological polar surface area (TPSA) is 6.48 Å². The van der Waals surface area contributed by atoms with Crippen molar-refractivity contribution >= 4 is 11.6 Å². The fraction of sp³-hybridized carbons (Fsp3) is 0.143. The first-order valence-electron chi connectivity index (χ1n) is 3.47. The summed E-state index contributed by atoms with van der Waals surface area (Å²) in [6.07, 6.45) is 0. The molecule has 1 aromatic carbocycles. The fourth-order valence-corrected chi connectivity index (χ4v) is 1.03. The highest BCUT2D eigenvalue weighted by molar-refractivity contribution is 6.23. The molecule has 0 aliphatic carbocycles. The zero-order valence-corrected chi connectivity index (χ0v) is 7.43. The highest BCUT2D eigenvalue weighted by Crippen LogP contribution is 2.38. The van der Waals surface area contributed by atoms with E-state index in [9.17, 15) is 17.9 Å². The van der Waals surface area contributed by atoms with E-state index < -0.39 is 21.4 Å². The molecule has 0 saturated carbocycles. The van der Waals surface area contributed by atoms with E-state index in [0.717, 1.165) is 12.1 Å². The summed E-state index contributed by atoms with van der Waals surface area (Å²) in [5.74, 6) is 0. The molecule has 2 nitrogen and oxygen atoms in total. The normalized spacial score (nSPS) is 12.5. The quantitative estimate of drug-likeness (QED) is 0.258. The lowest BCUT2D eigenvalue weighted by Gasteiger charge is -2.25. The van der Waals surface area contributed by atoms with Gasteiger partial charge in [-0.15, -0.1) is 0 Å². The van der Waals surface area contributed by atoms with Crippen molar-refractivity contribution in [1.82, 2.24) is 10.7 Å². The van der Waals surface area contributed by atoms with E-state index in [1.165, 1.54) is 18.2 Å². The summed E-state index contributed by atoms with van der Waals surface area (Å²) in [7, 11) is 0. The summed E-state index contributed by atoms with van der Waals surface area (Å²) in [6.45, 7) is 0. The molecule has 0 aromatic heterocycles. The second-order valence-electron chi connectivity index (χ2n) is 2.42. The van der Waals surface area contributed by atoms with Crippen LogP contribution in [-0.2, 0) is 5.12 Å². The number of alkyl halides is 1. The molecule has 0 aliphatic heterocycles. The van der Waals surface area contributed by atoms with E-state index in [4.69, 9.17) is 11.6 Å². The minimum atomic E-state index is -3.23. The first kappa shape index (κ1) is 11.2. The van der Waals surface area contributed by atoms with Crippen molar-refractivity contribution in [1.29, 1.82) is 0 Å². The standard InChI is InChI=1S/C7H5ClF4N2/c8-7(13(9)10,14(11)12)6-4-2-1-3-5-6/h1-5H. The zero-order valence-electron chi connectivity index (χ0n) is 6.67. The van der Waals surface area contributed by atoms with Gasteiger partial charge in [-0.1, -0.05) is 59.9 Å². The molecule has 78 valence electrons. The second-order valence-corrected chi connectivity index (χ2v) is 2.95. The lowest BCUT2D eigenvalue weighted by molar-refractivity contribution is -0.344. The Morgan fingerprint density at radius 1 is 0.929 bits per heavy atom. The molecule has 0 radical (unpaired) electrons. The van der Waals surface area contributed by atoms with Gasteiger partial charge >= 0.3 is 0 Å². The maximum Gasteiger partial charge on any atom is 0.293 e. The minimum absolute atomic E-state index is 0.420. The van der Waals surface area contributed by atoms with Crippen molar-refractivity contribution in [2.24, 2.45) is 0 Å². The number of hydrogen-bond acceptors (Lipinski definition) is 2. The fourth-order valence-electron chi connectivity index (χ4n) is 0.903. The molecule has 1 rings (SSSR count). The van der Waals surface area contributed by atoms with E-state index in [0.29, 0.717) is 0 Å². The smallest absolute Gasteiger partial charge is 0.0976 e. The van der Waals surface area contributed by atoms with Gasteiger partial charge < -0.3 is 0 Å². The summed E-state index contributed by atoms with van der Waals surface area (Å²) in [5, 5.41) is -6.75. The van der Waals surface area contributed by atoms with E-state index >= 15 is 0 Å². The Morgan fingerprint density at radius 2 is 1.36 bits per heavy atom. The van der Waals surface area contributed by atoms with Crippen LogP contribution in [-0.4, -0.2) is 10.7 Å². The van der Waals surface area contributed by atoms with Crippen LogP contribution in [0.15, 0.2) is 30.3 Å². The van der Waals surface area contributed by atoms with E-state index in [2.05, 4.69) is 0 Å². The van der Waals surface area contributed by atoms with Crippen molar-refractivity contribution in [2.45, 2.75) is 5.12 Å². The van der Waals surface area contributed by atoms with Gasteiger partial charge in [-0.3, -0.25) is 0 Å². The third-order valence-electron chi connectivity index (χ3n) is 1.59. The van der Waals surface area contributed by atoms with Crippen molar-refractivity contribution in [3.63, 3.8) is 0 Å². The lowest BCUT2D eigenvalue weighted by Crippen LogP contribution is -2.40. The van der Waals surface area contributed by atoms with Gasteiger partial charge in [0.15, 0.2) is 0 Å². The van der Waals surface area contributed by atoms with Gasteiger partial charge in [0.2, 0.25) is 0 Å². The SMILES string of the molecule is FN(F)C(Cl)(c1ccccc1)N(F)F. The first-order chi connectivity index (χ1) is 6.49. The third-order valence-corrected chi connectivity index (χ3v) is 2.06. The molecule has 7 heteroatoms. The summed E-state index contributed by atoms with van der Waals surface area (Å²) in [6, 6.07) is 6.32. The summed E-state index contributed by atoms with van der Waals surface area (Å²) < 4.78 is 48.8. The Morgan fingerprint density at radius 3 is 1.71 bits per heavy atom. The van der Waals surface area contributed by atoms with Crippen LogP contribution in [0.4, 0.5) is 17.9 Å². The Balaban J connectivity index is 3.13. The van der Waals surface area contributed by atoms with Crippen molar-refractivity contribution in [3.05, 3.63) is 35.9 Å². The number of nitrogens with zero attached hydrogens (tertiary/aromatic N) is 2. The molecule has 0 N–H and O–H groups in total.